The molecule has 0 aliphatic carbocycles. The number of amides is 2. The molecule has 0 saturated carbocycles. The van der Waals surface area contributed by atoms with Crippen LogP contribution in [0.2, 0.25) is 0 Å². The van der Waals surface area contributed by atoms with E-state index in [0.717, 1.165) is 51.9 Å². The number of ether oxygens (including phenoxy) is 6. The van der Waals surface area contributed by atoms with Gasteiger partial charge in [0.1, 0.15) is 67.1 Å². The van der Waals surface area contributed by atoms with E-state index in [4.69, 9.17) is 28.4 Å². The quantitative estimate of drug-likeness (QED) is 0.0305. The highest BCUT2D eigenvalue weighted by molar-refractivity contribution is 5.77. The summed E-state index contributed by atoms with van der Waals surface area (Å²) < 4.78 is 34.6. The summed E-state index contributed by atoms with van der Waals surface area (Å²) in [5.74, 6) is -6.18. The minimum atomic E-state index is -3.08. The van der Waals surface area contributed by atoms with Crippen molar-refractivity contribution < 1.29 is 104 Å². The number of aliphatic hydroxyl groups is 11. The van der Waals surface area contributed by atoms with Crippen LogP contribution >= 0.6 is 0 Å². The molecule has 84 heavy (non-hydrogen) atoms. The maximum Gasteiger partial charge on any atom is 0.364 e. The van der Waals surface area contributed by atoms with E-state index in [0.29, 0.717) is 19.3 Å². The molecule has 3 rings (SSSR count). The predicted molar refractivity (Wildman–Crippen MR) is 311 cm³/mol. The largest absolute Gasteiger partial charge is 0.477 e. The fraction of sp³-hybridized carbons (Fsp3) is 0.885. The Morgan fingerprint density at radius 1 is 0.619 bits per heavy atom. The smallest absolute Gasteiger partial charge is 0.364 e. The van der Waals surface area contributed by atoms with Gasteiger partial charge in [-0.05, 0) is 38.5 Å². The van der Waals surface area contributed by atoms with Gasteiger partial charge in [-0.1, -0.05) is 173 Å². The number of rotatable bonds is 46. The number of carboxylic acid groups (broad SMARTS) is 1. The Morgan fingerprint density at radius 3 is 1.63 bits per heavy atom. The molecule has 3 heterocycles. The third kappa shape index (κ3) is 26.5. The van der Waals surface area contributed by atoms with Gasteiger partial charge >= 0.3 is 5.97 Å². The summed E-state index contributed by atoms with van der Waals surface area (Å²) in [7, 11) is 0. The summed E-state index contributed by atoms with van der Waals surface area (Å²) >= 11 is 0. The van der Waals surface area contributed by atoms with Crippen LogP contribution in [-0.4, -0.2) is 215 Å². The van der Waals surface area contributed by atoms with E-state index in [1.54, 1.807) is 6.08 Å². The molecule has 0 aromatic carbocycles. The molecular weight excluding hydrogens is 1100 g/mol. The summed E-state index contributed by atoms with van der Waals surface area (Å²) in [4.78, 5) is 38.3. The Kier molecular flexibility index (Phi) is 38.6. The third-order valence-electron chi connectivity index (χ3n) is 16.1. The van der Waals surface area contributed by atoms with Crippen LogP contribution in [0.1, 0.15) is 207 Å². The summed E-state index contributed by atoms with van der Waals surface area (Å²) in [6, 6.07) is -2.63. The van der Waals surface area contributed by atoms with E-state index in [1.807, 2.05) is 6.08 Å². The van der Waals surface area contributed by atoms with Gasteiger partial charge in [-0.2, -0.15) is 0 Å². The lowest BCUT2D eigenvalue weighted by atomic mass is 9.88. The number of nitrogens with one attached hydrogen (secondary N) is 2. The van der Waals surface area contributed by atoms with Crippen molar-refractivity contribution in [2.45, 2.75) is 317 Å². The van der Waals surface area contributed by atoms with Gasteiger partial charge < -0.3 is 100 Å². The van der Waals surface area contributed by atoms with Crippen LogP contribution in [0.3, 0.4) is 0 Å². The molecule has 3 fully saturated rings. The van der Waals surface area contributed by atoms with Crippen molar-refractivity contribution in [3.8, 4) is 0 Å². The Balaban J connectivity index is 1.62. The molecule has 2 amide bonds. The average Bonchev–Trinajstić information content (AvgIpc) is 1.79. The van der Waals surface area contributed by atoms with Crippen LogP contribution in [0.4, 0.5) is 0 Å². The molecule has 23 nitrogen and oxygen atoms in total. The van der Waals surface area contributed by atoms with E-state index in [2.05, 4.69) is 36.6 Å². The Bertz CT molecular complexity index is 1820. The number of hydrogen-bond acceptors (Lipinski definition) is 20. The zero-order valence-electron chi connectivity index (χ0n) is 50.5. The molecule has 3 aliphatic heterocycles. The first kappa shape index (κ1) is 75.5. The van der Waals surface area contributed by atoms with Crippen LogP contribution in [0.15, 0.2) is 24.3 Å². The average molecular weight is 1210 g/mol. The van der Waals surface area contributed by atoms with Gasteiger partial charge in [-0.3, -0.25) is 9.59 Å². The van der Waals surface area contributed by atoms with Crippen LogP contribution in [-0.2, 0) is 42.8 Å². The predicted octanol–water partition coefficient (Wildman–Crippen LogP) is 3.72. The van der Waals surface area contributed by atoms with Gasteiger partial charge in [0, 0.05) is 19.8 Å². The Morgan fingerprint density at radius 2 is 1.12 bits per heavy atom. The van der Waals surface area contributed by atoms with Gasteiger partial charge in [-0.25, -0.2) is 4.79 Å². The van der Waals surface area contributed by atoms with E-state index in [9.17, 15) is 75.7 Å². The van der Waals surface area contributed by atoms with Crippen molar-refractivity contribution in [1.82, 2.24) is 10.6 Å². The zero-order valence-corrected chi connectivity index (χ0v) is 50.5. The lowest BCUT2D eigenvalue weighted by Gasteiger charge is -2.50. The van der Waals surface area contributed by atoms with Crippen molar-refractivity contribution >= 4 is 17.8 Å². The second-order valence-electron chi connectivity index (χ2n) is 23.3. The van der Waals surface area contributed by atoms with Gasteiger partial charge in [0.15, 0.2) is 12.6 Å². The highest BCUT2D eigenvalue weighted by Crippen LogP contribution is 2.38. The molecule has 490 valence electrons. The first-order chi connectivity index (χ1) is 40.4. The number of carbonyl (C=O) groups excluding carboxylic acids is 2. The van der Waals surface area contributed by atoms with E-state index in [1.165, 1.54) is 109 Å². The molecule has 18 unspecified atom stereocenters. The highest BCUT2D eigenvalue weighted by atomic mass is 16.8. The molecule has 0 bridgehead atoms. The lowest BCUT2D eigenvalue weighted by molar-refractivity contribution is -0.386. The Hall–Kier alpha value is -2.79. The number of aliphatic hydroxyl groups excluding tert-OH is 11. The second kappa shape index (κ2) is 43.0. The van der Waals surface area contributed by atoms with Crippen molar-refractivity contribution in [2.75, 3.05) is 26.4 Å². The van der Waals surface area contributed by atoms with Gasteiger partial charge in [0.25, 0.3) is 5.79 Å². The maximum atomic E-state index is 13.3. The number of aliphatic carboxylic acids is 1. The van der Waals surface area contributed by atoms with Crippen LogP contribution in [0.5, 0.6) is 0 Å². The minimum absolute atomic E-state index is 0.151. The van der Waals surface area contributed by atoms with Crippen molar-refractivity contribution in [3.05, 3.63) is 24.3 Å². The number of carboxylic acids is 1. The van der Waals surface area contributed by atoms with Gasteiger partial charge in [0.05, 0.1) is 50.7 Å². The topological polar surface area (TPSA) is 373 Å². The molecule has 14 N–H and O–H groups in total. The van der Waals surface area contributed by atoms with Gasteiger partial charge in [0.2, 0.25) is 11.8 Å². The molecule has 0 spiro atoms. The maximum absolute atomic E-state index is 13.3. The molecule has 0 aromatic heterocycles. The van der Waals surface area contributed by atoms with Crippen LogP contribution < -0.4 is 10.6 Å². The zero-order chi connectivity index (χ0) is 61.9. The fourth-order valence-corrected chi connectivity index (χ4v) is 11.0. The Labute approximate surface area is 498 Å². The summed E-state index contributed by atoms with van der Waals surface area (Å²) in [5, 5.41) is 135. The molecule has 18 atom stereocenters. The standard InChI is InChI=1S/C61H110N2O21/c1-4-6-8-10-12-14-15-16-17-18-19-20-21-22-23-24-25-27-28-30-32-34-43(68)42(63-48(71)35-33-31-29-26-13-11-9-7-5-2)40-79-58-53(75)52(74)55(47(39-66)81-58)82-59-54(76)57(51(73)46(38-65)80-59)84-61(60(77)78)36-44(69)49(62-41(3)67)56(83-61)50(72)45(70)37-64/h26,29,32,34,42-47,49-59,64-66,68-70,72-76H,4-25,27-28,30-31,33,35-40H2,1-3H3,(H,62,67)(H,63,71)(H,77,78)/b29-26-,34-32+. The number of carbonyl (C=O) groups is 3. The minimum Gasteiger partial charge on any atom is -0.477 e. The lowest BCUT2D eigenvalue weighted by Crippen LogP contribution is -2.70. The molecular formula is C61H110N2O21. The van der Waals surface area contributed by atoms with E-state index in [-0.39, 0.29) is 12.3 Å². The highest BCUT2D eigenvalue weighted by Gasteiger charge is 2.60. The van der Waals surface area contributed by atoms with E-state index < -0.39 is 155 Å². The van der Waals surface area contributed by atoms with E-state index >= 15 is 0 Å². The van der Waals surface area contributed by atoms with Crippen molar-refractivity contribution in [3.63, 3.8) is 0 Å². The molecule has 23 heteroatoms. The molecule has 3 aliphatic rings. The monoisotopic (exact) mass is 1210 g/mol. The normalized spacial score (nSPS) is 29.9. The SMILES string of the molecule is CCCCCC/C=C\CCCC(=O)NC(COC1OC(CO)C(OC2OC(CO)C(O)C(OC3(C(=O)O)CC(O)C(NC(C)=O)C(C(O)C(O)CO)O3)C2O)C(O)C1O)C(O)/C=C/CCCCCCCCCCCCCCCCCCCCC. The summed E-state index contributed by atoms with van der Waals surface area (Å²) in [6.45, 7) is 2.04. The first-order valence-electron chi connectivity index (χ1n) is 31.7. The number of unbranched alkanes of at least 4 members (excludes halogenated alkanes) is 24. The summed E-state index contributed by atoms with van der Waals surface area (Å²) in [6.07, 6.45) is 9.90. The third-order valence-corrected chi connectivity index (χ3v) is 16.1. The van der Waals surface area contributed by atoms with Gasteiger partial charge in [-0.15, -0.1) is 0 Å². The fourth-order valence-electron chi connectivity index (χ4n) is 11.0. The summed E-state index contributed by atoms with van der Waals surface area (Å²) in [5.41, 5.74) is 0. The molecule has 0 aromatic rings. The van der Waals surface area contributed by atoms with Crippen molar-refractivity contribution in [2.24, 2.45) is 0 Å². The van der Waals surface area contributed by atoms with Crippen LogP contribution in [0, 0.1) is 0 Å². The number of allylic oxidation sites excluding steroid dienone is 3. The first-order valence-corrected chi connectivity index (χ1v) is 31.7. The van der Waals surface area contributed by atoms with Crippen molar-refractivity contribution in [1.29, 1.82) is 0 Å². The number of hydrogen-bond donors (Lipinski definition) is 14. The molecule has 3 saturated heterocycles. The van der Waals surface area contributed by atoms with Crippen LogP contribution in [0.25, 0.3) is 0 Å². The molecule has 0 radical (unpaired) electrons. The second-order valence-corrected chi connectivity index (χ2v) is 23.3.